The first-order valence-corrected chi connectivity index (χ1v) is 19.7. The number of thiophene rings is 2. The Balaban J connectivity index is 1.20. The molecule has 1 aliphatic carbocycles. The van der Waals surface area contributed by atoms with Gasteiger partial charge >= 0.3 is 11.9 Å². The summed E-state index contributed by atoms with van der Waals surface area (Å²) in [6.07, 6.45) is 16.6. The summed E-state index contributed by atoms with van der Waals surface area (Å²) < 4.78 is 17.5. The molecule has 2 aliphatic heterocycles. The van der Waals surface area contributed by atoms with E-state index in [1.807, 2.05) is 42.5 Å². The number of para-hydroxylation sites is 1. The van der Waals surface area contributed by atoms with Crippen molar-refractivity contribution < 1.29 is 39.1 Å². The number of fused-ring (bicyclic) bond motifs is 3. The van der Waals surface area contributed by atoms with Crippen LogP contribution in [0.25, 0.3) is 30.4 Å². The highest BCUT2D eigenvalue weighted by molar-refractivity contribution is 8.00. The number of nitrogens with zero attached hydrogens (tertiary/aromatic N) is 3. The highest BCUT2D eigenvalue weighted by Gasteiger charge is 2.35. The summed E-state index contributed by atoms with van der Waals surface area (Å²) in [5.41, 5.74) is 3.06. The number of hydrogen-bond donors (Lipinski definition) is 3. The lowest BCUT2D eigenvalue weighted by molar-refractivity contribution is -0.133. The molecule has 56 heavy (non-hydrogen) atoms. The highest BCUT2D eigenvalue weighted by Crippen LogP contribution is 2.50. The largest absolute Gasteiger partial charge is 0.503 e. The molecule has 4 aromatic rings. The van der Waals surface area contributed by atoms with Crippen LogP contribution in [0.4, 0.5) is 11.4 Å². The molecule has 2 aromatic carbocycles. The van der Waals surface area contributed by atoms with Crippen molar-refractivity contribution in [3.8, 4) is 35.1 Å². The van der Waals surface area contributed by atoms with Gasteiger partial charge in [0.05, 0.1) is 43.1 Å². The molecular weight excluding hydrogens is 771 g/mol. The van der Waals surface area contributed by atoms with Crippen molar-refractivity contribution in [1.29, 1.82) is 10.5 Å². The number of carboxylic acids is 2. The molecule has 0 radical (unpaired) electrons. The van der Waals surface area contributed by atoms with Crippen molar-refractivity contribution >= 4 is 88.1 Å². The number of allylic oxidation sites excluding steroid dienone is 3. The van der Waals surface area contributed by atoms with Gasteiger partial charge in [-0.2, -0.15) is 10.5 Å². The van der Waals surface area contributed by atoms with Crippen molar-refractivity contribution in [2.45, 2.75) is 23.1 Å². The number of benzene rings is 2. The van der Waals surface area contributed by atoms with Crippen LogP contribution in [-0.4, -0.2) is 58.4 Å². The number of anilines is 2. The van der Waals surface area contributed by atoms with Crippen LogP contribution in [0, 0.1) is 22.7 Å². The number of carbonyl (C=O) groups is 2. The number of ether oxygens (including phenoxy) is 3. The second kappa shape index (κ2) is 16.5. The van der Waals surface area contributed by atoms with E-state index in [9.17, 15) is 35.4 Å². The van der Waals surface area contributed by atoms with Crippen LogP contribution in [0.5, 0.6) is 23.0 Å². The molecule has 2 atom stereocenters. The molecule has 2 aromatic heterocycles. The Morgan fingerprint density at radius 3 is 2.23 bits per heavy atom. The highest BCUT2D eigenvalue weighted by atomic mass is 32.2. The predicted molar refractivity (Wildman–Crippen MR) is 219 cm³/mol. The Labute approximate surface area is 333 Å². The van der Waals surface area contributed by atoms with Gasteiger partial charge in [-0.3, -0.25) is 0 Å². The van der Waals surface area contributed by atoms with E-state index in [-0.39, 0.29) is 34.3 Å². The monoisotopic (exact) mass is 801 g/mol. The minimum Gasteiger partial charge on any atom is -0.503 e. The number of aromatic hydroxyl groups is 1. The lowest BCUT2D eigenvalue weighted by Crippen LogP contribution is -2.41. The van der Waals surface area contributed by atoms with Gasteiger partial charge in [0.15, 0.2) is 23.0 Å². The molecule has 11 nitrogen and oxygen atoms in total. The number of hydrogen-bond acceptors (Lipinski definition) is 12. The maximum atomic E-state index is 11.5. The van der Waals surface area contributed by atoms with Crippen LogP contribution < -0.4 is 19.1 Å². The first kappa shape index (κ1) is 37.8. The van der Waals surface area contributed by atoms with Crippen LogP contribution in [-0.2, 0) is 9.59 Å². The molecular formula is C42H31N3O8S3. The zero-order chi connectivity index (χ0) is 39.3. The quantitative estimate of drug-likeness (QED) is 0.0972. The van der Waals surface area contributed by atoms with Crippen LogP contribution >= 0.6 is 34.4 Å². The lowest BCUT2D eigenvalue weighted by atomic mass is 9.98. The van der Waals surface area contributed by atoms with E-state index in [1.54, 1.807) is 36.9 Å². The maximum Gasteiger partial charge on any atom is 0.346 e. The SMILES string of the molecule is CCOc1c(/C=C/c2ccc3c(c2)SC2C=C(/C=C/c4sc(/C=C(\C#N)C(=O)O)c5c4OCCO5)C=CC2N3c2ccccc2)sc(/C=C(\C#N)C(=O)O)c1O. The van der Waals surface area contributed by atoms with Gasteiger partial charge in [-0.15, -0.1) is 34.4 Å². The van der Waals surface area contributed by atoms with Gasteiger partial charge < -0.3 is 34.4 Å². The molecule has 14 heteroatoms. The predicted octanol–water partition coefficient (Wildman–Crippen LogP) is 9.03. The molecule has 4 heterocycles. The molecule has 2 unspecified atom stereocenters. The average Bonchev–Trinajstić information content (AvgIpc) is 3.71. The second-order valence-electron chi connectivity index (χ2n) is 12.3. The number of carboxylic acid groups (broad SMARTS) is 2. The van der Waals surface area contributed by atoms with Crippen molar-refractivity contribution in [1.82, 2.24) is 0 Å². The summed E-state index contributed by atoms with van der Waals surface area (Å²) in [5, 5.41) is 48.2. The third-order valence-corrected chi connectivity index (χ3v) is 12.2. The summed E-state index contributed by atoms with van der Waals surface area (Å²) in [4.78, 5) is 28.4. The van der Waals surface area contributed by atoms with Gasteiger partial charge in [-0.1, -0.05) is 54.6 Å². The van der Waals surface area contributed by atoms with Crippen molar-refractivity contribution in [2.75, 3.05) is 24.7 Å². The topological polar surface area (TPSA) is 173 Å². The second-order valence-corrected chi connectivity index (χ2v) is 15.7. The zero-order valence-electron chi connectivity index (χ0n) is 29.5. The standard InChI is InChI=1S/C42H31N3O8S3/c1-2-51-38-31(54-35(37(38)46)20-26(22-43)41(47)48)14-10-24-8-12-29-33(18-24)56-34-19-25(9-13-30(34)45(29)28-6-4-3-5-7-28)11-15-32-39-40(53-17-16-52-39)36(55-32)21-27(23-44)42(49)50/h3-15,18-21,30,34,46H,2,16-17H2,1H3,(H,47,48)(H,49,50)/b14-10+,15-11+,26-20+,27-21+. The Kier molecular flexibility index (Phi) is 11.2. The smallest absolute Gasteiger partial charge is 0.346 e. The van der Waals surface area contributed by atoms with Crippen LogP contribution in [0.3, 0.4) is 0 Å². The summed E-state index contributed by atoms with van der Waals surface area (Å²) in [6, 6.07) is 19.8. The molecule has 0 saturated carbocycles. The Morgan fingerprint density at radius 1 is 0.893 bits per heavy atom. The number of thioether (sulfide) groups is 1. The van der Waals surface area contributed by atoms with E-state index in [4.69, 9.17) is 14.2 Å². The molecule has 0 amide bonds. The first-order chi connectivity index (χ1) is 27.2. The van der Waals surface area contributed by atoms with Crippen molar-refractivity contribution in [3.63, 3.8) is 0 Å². The zero-order valence-corrected chi connectivity index (χ0v) is 32.0. The van der Waals surface area contributed by atoms with E-state index >= 15 is 0 Å². The summed E-state index contributed by atoms with van der Waals surface area (Å²) >= 11 is 4.16. The number of rotatable bonds is 11. The fraction of sp³-hybridized carbons (Fsp3) is 0.143. The Morgan fingerprint density at radius 2 is 1.55 bits per heavy atom. The summed E-state index contributed by atoms with van der Waals surface area (Å²) in [6.45, 7) is 2.72. The van der Waals surface area contributed by atoms with Gasteiger partial charge in [0.25, 0.3) is 0 Å². The van der Waals surface area contributed by atoms with E-state index in [0.717, 1.165) is 49.7 Å². The molecule has 3 N–H and O–H groups in total. The molecule has 280 valence electrons. The molecule has 3 aliphatic rings. The van der Waals surface area contributed by atoms with E-state index in [2.05, 4.69) is 47.4 Å². The molecule has 0 bridgehead atoms. The molecule has 0 saturated heterocycles. The third kappa shape index (κ3) is 7.72. The fourth-order valence-electron chi connectivity index (χ4n) is 6.27. The van der Waals surface area contributed by atoms with E-state index in [0.29, 0.717) is 34.5 Å². The van der Waals surface area contributed by atoms with Crippen molar-refractivity contribution in [3.05, 3.63) is 115 Å². The van der Waals surface area contributed by atoms with Gasteiger partial charge in [-0.05, 0) is 66.6 Å². The van der Waals surface area contributed by atoms with Crippen LogP contribution in [0.15, 0.2) is 94.4 Å². The normalized spacial score (nSPS) is 17.6. The maximum absolute atomic E-state index is 11.5. The molecule has 0 fully saturated rings. The van der Waals surface area contributed by atoms with Crippen molar-refractivity contribution in [2.24, 2.45) is 0 Å². The van der Waals surface area contributed by atoms with Gasteiger partial charge in [-0.25, -0.2) is 9.59 Å². The average molecular weight is 802 g/mol. The van der Waals surface area contributed by atoms with E-state index < -0.39 is 23.1 Å². The third-order valence-electron chi connectivity index (χ3n) is 8.76. The Bertz CT molecular complexity index is 2490. The van der Waals surface area contributed by atoms with Crippen LogP contribution in [0.1, 0.15) is 32.0 Å². The number of aliphatic carboxylic acids is 2. The number of nitriles is 2. The van der Waals surface area contributed by atoms with Gasteiger partial charge in [0, 0.05) is 10.6 Å². The molecule has 7 rings (SSSR count). The minimum absolute atomic E-state index is 0.00950. The minimum atomic E-state index is -1.39. The first-order valence-electron chi connectivity index (χ1n) is 17.2. The van der Waals surface area contributed by atoms with Gasteiger partial charge in [0.2, 0.25) is 0 Å². The lowest BCUT2D eigenvalue weighted by Gasteiger charge is -2.42. The van der Waals surface area contributed by atoms with Gasteiger partial charge in [0.1, 0.15) is 36.5 Å². The molecule has 0 spiro atoms. The summed E-state index contributed by atoms with van der Waals surface area (Å²) in [5.74, 6) is -1.75. The summed E-state index contributed by atoms with van der Waals surface area (Å²) in [7, 11) is 0. The van der Waals surface area contributed by atoms with Crippen LogP contribution in [0.2, 0.25) is 0 Å². The van der Waals surface area contributed by atoms with E-state index in [1.165, 1.54) is 17.4 Å². The fourth-order valence-corrected chi connectivity index (χ4v) is 9.66. The Hall–Kier alpha value is -6.45.